The van der Waals surface area contributed by atoms with E-state index in [9.17, 15) is 4.79 Å². The molecule has 0 saturated carbocycles. The quantitative estimate of drug-likeness (QED) is 0.768. The molecule has 0 atom stereocenters. The second-order valence-electron chi connectivity index (χ2n) is 3.77. The van der Waals surface area contributed by atoms with E-state index in [0.717, 1.165) is 21.7 Å². The number of ether oxygens (including phenoxy) is 1. The minimum atomic E-state index is -0.162. The molecule has 0 bridgehead atoms. The van der Waals surface area contributed by atoms with Crippen LogP contribution < -0.4 is 10.3 Å². The number of methoxy groups -OCH3 is 1. The minimum Gasteiger partial charge on any atom is -0.496 e. The zero-order chi connectivity index (χ0) is 12.5. The molecule has 3 rings (SSSR count). The summed E-state index contributed by atoms with van der Waals surface area (Å²) >= 11 is 1.50. The zero-order valence-electron chi connectivity index (χ0n) is 9.64. The van der Waals surface area contributed by atoms with Crippen molar-refractivity contribution in [3.63, 3.8) is 0 Å². The van der Waals surface area contributed by atoms with Gasteiger partial charge in [0.1, 0.15) is 11.4 Å². The second-order valence-corrected chi connectivity index (χ2v) is 4.68. The average Bonchev–Trinajstić information content (AvgIpc) is 2.89. The highest BCUT2D eigenvalue weighted by Crippen LogP contribution is 2.33. The number of nitrogens with zero attached hydrogens (tertiary/aromatic N) is 1. The number of aromatic amines is 1. The Balaban J connectivity index is 2.35. The molecule has 90 valence electrons. The van der Waals surface area contributed by atoms with Crippen LogP contribution in [0.15, 0.2) is 40.5 Å². The van der Waals surface area contributed by atoms with Crippen LogP contribution in [0.5, 0.6) is 5.75 Å². The summed E-state index contributed by atoms with van der Waals surface area (Å²) in [6.07, 6.45) is 0. The number of hydrogen-bond donors (Lipinski definition) is 1. The number of rotatable bonds is 2. The maximum atomic E-state index is 11.6. The molecule has 4 nitrogen and oxygen atoms in total. The van der Waals surface area contributed by atoms with Crippen molar-refractivity contribution in [2.24, 2.45) is 0 Å². The van der Waals surface area contributed by atoms with E-state index < -0.39 is 0 Å². The third-order valence-corrected chi connectivity index (χ3v) is 3.68. The lowest BCUT2D eigenvalue weighted by Gasteiger charge is -2.07. The molecule has 0 unspecified atom stereocenters. The van der Waals surface area contributed by atoms with Crippen molar-refractivity contribution in [2.45, 2.75) is 0 Å². The zero-order valence-corrected chi connectivity index (χ0v) is 10.5. The van der Waals surface area contributed by atoms with Crippen molar-refractivity contribution >= 4 is 21.4 Å². The normalized spacial score (nSPS) is 10.7. The SMILES string of the molecule is COc1ccccc1-c1n[nH]c(=O)c2ccsc12. The summed E-state index contributed by atoms with van der Waals surface area (Å²) in [7, 11) is 1.62. The summed E-state index contributed by atoms with van der Waals surface area (Å²) in [5, 5.41) is 9.23. The van der Waals surface area contributed by atoms with Crippen LogP contribution >= 0.6 is 11.3 Å². The molecule has 3 aromatic rings. The summed E-state index contributed by atoms with van der Waals surface area (Å²) in [5.41, 5.74) is 1.46. The molecular weight excluding hydrogens is 248 g/mol. The number of nitrogens with one attached hydrogen (secondary N) is 1. The summed E-state index contributed by atoms with van der Waals surface area (Å²) in [4.78, 5) is 11.6. The molecule has 1 N–H and O–H groups in total. The van der Waals surface area contributed by atoms with Gasteiger partial charge in [0.2, 0.25) is 0 Å². The summed E-state index contributed by atoms with van der Waals surface area (Å²) in [6, 6.07) is 9.43. The molecule has 2 aromatic heterocycles. The van der Waals surface area contributed by atoms with Crippen molar-refractivity contribution in [1.82, 2.24) is 10.2 Å². The van der Waals surface area contributed by atoms with Crippen LogP contribution in [0.4, 0.5) is 0 Å². The van der Waals surface area contributed by atoms with Gasteiger partial charge in [-0.2, -0.15) is 5.10 Å². The number of thiophene rings is 1. The summed E-state index contributed by atoms with van der Waals surface area (Å²) in [6.45, 7) is 0. The topological polar surface area (TPSA) is 55.0 Å². The summed E-state index contributed by atoms with van der Waals surface area (Å²) in [5.74, 6) is 0.742. The van der Waals surface area contributed by atoms with Gasteiger partial charge in [-0.3, -0.25) is 4.79 Å². The lowest BCUT2D eigenvalue weighted by atomic mass is 10.1. The predicted molar refractivity (Wildman–Crippen MR) is 72.2 cm³/mol. The first kappa shape index (κ1) is 11.0. The number of hydrogen-bond acceptors (Lipinski definition) is 4. The molecule has 0 saturated heterocycles. The van der Waals surface area contributed by atoms with Crippen molar-refractivity contribution in [2.75, 3.05) is 7.11 Å². The van der Waals surface area contributed by atoms with Crippen LogP contribution in [-0.2, 0) is 0 Å². The highest BCUT2D eigenvalue weighted by atomic mass is 32.1. The number of para-hydroxylation sites is 1. The molecule has 0 fully saturated rings. The second kappa shape index (κ2) is 4.27. The Hall–Kier alpha value is -2.14. The van der Waals surface area contributed by atoms with Gasteiger partial charge >= 0.3 is 0 Å². The lowest BCUT2D eigenvalue weighted by molar-refractivity contribution is 0.416. The highest BCUT2D eigenvalue weighted by Gasteiger charge is 2.13. The standard InChI is InChI=1S/C13H10N2O2S/c1-17-10-5-3-2-4-8(10)11-12-9(6-7-18-12)13(16)15-14-11/h2-7H,1H3,(H,15,16). The molecule has 0 aliphatic carbocycles. The van der Waals surface area contributed by atoms with Gasteiger partial charge in [0.25, 0.3) is 5.56 Å². The lowest BCUT2D eigenvalue weighted by Crippen LogP contribution is -2.08. The minimum absolute atomic E-state index is 0.162. The fourth-order valence-electron chi connectivity index (χ4n) is 1.91. The first-order chi connectivity index (χ1) is 8.81. The fourth-order valence-corrected chi connectivity index (χ4v) is 2.81. The van der Waals surface area contributed by atoms with Gasteiger partial charge in [-0.15, -0.1) is 11.3 Å². The van der Waals surface area contributed by atoms with E-state index in [-0.39, 0.29) is 5.56 Å². The molecule has 2 heterocycles. The molecule has 0 amide bonds. The Labute approximate surface area is 107 Å². The molecule has 18 heavy (non-hydrogen) atoms. The van der Waals surface area contributed by atoms with Crippen LogP contribution in [0.25, 0.3) is 21.3 Å². The van der Waals surface area contributed by atoms with Crippen LogP contribution in [-0.4, -0.2) is 17.3 Å². The van der Waals surface area contributed by atoms with E-state index in [1.165, 1.54) is 11.3 Å². The largest absolute Gasteiger partial charge is 0.496 e. The van der Waals surface area contributed by atoms with Crippen LogP contribution in [0.2, 0.25) is 0 Å². The molecule has 0 aliphatic heterocycles. The number of H-pyrrole nitrogens is 1. The first-order valence-corrected chi connectivity index (χ1v) is 6.28. The van der Waals surface area contributed by atoms with Gasteiger partial charge in [0.05, 0.1) is 17.2 Å². The smallest absolute Gasteiger partial charge is 0.272 e. The molecular formula is C13H10N2O2S. The third-order valence-electron chi connectivity index (χ3n) is 2.76. The Kier molecular flexibility index (Phi) is 2.60. The van der Waals surface area contributed by atoms with E-state index >= 15 is 0 Å². The average molecular weight is 258 g/mol. The van der Waals surface area contributed by atoms with Crippen LogP contribution in [0.3, 0.4) is 0 Å². The highest BCUT2D eigenvalue weighted by molar-refractivity contribution is 7.17. The van der Waals surface area contributed by atoms with E-state index in [4.69, 9.17) is 4.74 Å². The maximum absolute atomic E-state index is 11.6. The van der Waals surface area contributed by atoms with Crippen LogP contribution in [0.1, 0.15) is 0 Å². The van der Waals surface area contributed by atoms with E-state index in [1.807, 2.05) is 29.6 Å². The van der Waals surface area contributed by atoms with Crippen molar-refractivity contribution in [3.8, 4) is 17.0 Å². The van der Waals surface area contributed by atoms with E-state index in [1.54, 1.807) is 13.2 Å². The maximum Gasteiger partial charge on any atom is 0.272 e. The van der Waals surface area contributed by atoms with E-state index in [0.29, 0.717) is 5.39 Å². The van der Waals surface area contributed by atoms with Crippen molar-refractivity contribution < 1.29 is 4.74 Å². The number of benzene rings is 1. The fraction of sp³-hybridized carbons (Fsp3) is 0.0769. The van der Waals surface area contributed by atoms with Gasteiger partial charge in [-0.1, -0.05) is 12.1 Å². The molecule has 0 spiro atoms. The Bertz CT molecular complexity index is 761. The Morgan fingerprint density at radius 2 is 2.11 bits per heavy atom. The molecule has 5 heteroatoms. The first-order valence-electron chi connectivity index (χ1n) is 5.40. The molecule has 1 aromatic carbocycles. The van der Waals surface area contributed by atoms with Crippen molar-refractivity contribution in [3.05, 3.63) is 46.1 Å². The third kappa shape index (κ3) is 1.60. The van der Waals surface area contributed by atoms with E-state index in [2.05, 4.69) is 10.2 Å². The monoisotopic (exact) mass is 258 g/mol. The molecule has 0 aliphatic rings. The van der Waals surface area contributed by atoms with Crippen LogP contribution in [0, 0.1) is 0 Å². The number of aromatic nitrogens is 2. The van der Waals surface area contributed by atoms with Gasteiger partial charge in [0, 0.05) is 5.56 Å². The summed E-state index contributed by atoms with van der Waals surface area (Å²) < 4.78 is 6.21. The Morgan fingerprint density at radius 1 is 1.28 bits per heavy atom. The van der Waals surface area contributed by atoms with Gasteiger partial charge in [-0.25, -0.2) is 5.10 Å². The van der Waals surface area contributed by atoms with Gasteiger partial charge in [0.15, 0.2) is 0 Å². The molecule has 0 radical (unpaired) electrons. The van der Waals surface area contributed by atoms with Crippen molar-refractivity contribution in [1.29, 1.82) is 0 Å². The number of fused-ring (bicyclic) bond motifs is 1. The van der Waals surface area contributed by atoms with Gasteiger partial charge in [-0.05, 0) is 23.6 Å². The van der Waals surface area contributed by atoms with Gasteiger partial charge < -0.3 is 4.74 Å². The Morgan fingerprint density at radius 3 is 2.94 bits per heavy atom. The predicted octanol–water partition coefficient (Wildman–Crippen LogP) is 2.66.